The van der Waals surface area contributed by atoms with Crippen LogP contribution in [0, 0.1) is 0 Å². The lowest BCUT2D eigenvalue weighted by Gasteiger charge is -2.21. The highest BCUT2D eigenvalue weighted by Crippen LogP contribution is 2.25. The van der Waals surface area contributed by atoms with E-state index in [9.17, 15) is 0 Å². The van der Waals surface area contributed by atoms with Gasteiger partial charge >= 0.3 is 0 Å². The third kappa shape index (κ3) is 2.68. The zero-order valence-electron chi connectivity index (χ0n) is 9.18. The number of hydrogen-bond acceptors (Lipinski definition) is 1. The Balaban J connectivity index is 1.85. The molecule has 0 bridgehead atoms. The molecular formula is C12H16OSi2. The van der Waals surface area contributed by atoms with E-state index >= 15 is 0 Å². The fourth-order valence-electron chi connectivity index (χ4n) is 1.80. The molecule has 0 aromatic carbocycles. The van der Waals surface area contributed by atoms with Crippen molar-refractivity contribution in [2.75, 3.05) is 0 Å². The maximum atomic E-state index is 6.22. The van der Waals surface area contributed by atoms with Crippen LogP contribution >= 0.6 is 0 Å². The van der Waals surface area contributed by atoms with Gasteiger partial charge in [0.15, 0.2) is 0 Å². The van der Waals surface area contributed by atoms with Gasteiger partial charge in [0, 0.05) is 11.1 Å². The van der Waals surface area contributed by atoms with Crippen LogP contribution in [0.2, 0.25) is 24.2 Å². The van der Waals surface area contributed by atoms with Crippen molar-refractivity contribution in [2.45, 2.75) is 24.2 Å². The summed E-state index contributed by atoms with van der Waals surface area (Å²) in [4.78, 5) is 0. The summed E-state index contributed by atoms with van der Waals surface area (Å²) in [5, 5.41) is 0. The van der Waals surface area contributed by atoms with Crippen LogP contribution in [0.4, 0.5) is 0 Å². The first kappa shape index (κ1) is 10.9. The van der Waals surface area contributed by atoms with Gasteiger partial charge in [0.05, 0.1) is 0 Å². The van der Waals surface area contributed by atoms with Gasteiger partial charge < -0.3 is 4.12 Å². The van der Waals surface area contributed by atoms with Gasteiger partial charge in [-0.05, 0) is 13.1 Å². The number of hydrogen-bond donors (Lipinski definition) is 0. The van der Waals surface area contributed by atoms with E-state index in [0.29, 0.717) is 11.1 Å². The van der Waals surface area contributed by atoms with Crippen LogP contribution in [0.1, 0.15) is 0 Å². The molecule has 0 saturated heterocycles. The highest BCUT2D eigenvalue weighted by Gasteiger charge is 2.24. The fraction of sp³-hybridized carbons (Fsp3) is 0.333. The molecule has 2 aliphatic carbocycles. The normalized spacial score (nSPS) is 20.5. The summed E-state index contributed by atoms with van der Waals surface area (Å²) >= 11 is 0. The SMILES string of the molecule is C[Si](O[Si](C)C1C=CC=C1)C1C=CC=C1. The monoisotopic (exact) mass is 232 g/mol. The Morgan fingerprint density at radius 2 is 1.07 bits per heavy atom. The largest absolute Gasteiger partial charge is 0.455 e. The molecule has 0 N–H and O–H groups in total. The van der Waals surface area contributed by atoms with E-state index in [1.54, 1.807) is 0 Å². The van der Waals surface area contributed by atoms with Crippen molar-refractivity contribution in [3.8, 4) is 0 Å². The molecule has 2 radical (unpaired) electrons. The summed E-state index contributed by atoms with van der Waals surface area (Å²) < 4.78 is 6.22. The van der Waals surface area contributed by atoms with Crippen LogP contribution in [0.25, 0.3) is 0 Å². The third-order valence-electron chi connectivity index (χ3n) is 2.76. The topological polar surface area (TPSA) is 9.23 Å². The molecule has 2 rings (SSSR count). The molecule has 2 aliphatic rings. The van der Waals surface area contributed by atoms with Gasteiger partial charge in [-0.25, -0.2) is 0 Å². The van der Waals surface area contributed by atoms with Gasteiger partial charge in [0.1, 0.15) is 0 Å². The Kier molecular flexibility index (Phi) is 3.56. The van der Waals surface area contributed by atoms with Gasteiger partial charge in [-0.2, -0.15) is 0 Å². The molecule has 78 valence electrons. The van der Waals surface area contributed by atoms with Crippen molar-refractivity contribution >= 4 is 18.1 Å². The van der Waals surface area contributed by atoms with Crippen molar-refractivity contribution < 1.29 is 4.12 Å². The summed E-state index contributed by atoms with van der Waals surface area (Å²) in [6.45, 7) is 4.54. The quantitative estimate of drug-likeness (QED) is 0.676. The minimum absolute atomic E-state index is 0.573. The smallest absolute Gasteiger partial charge is 0.206 e. The van der Waals surface area contributed by atoms with E-state index in [0.717, 1.165) is 0 Å². The van der Waals surface area contributed by atoms with Gasteiger partial charge in [-0.1, -0.05) is 48.6 Å². The first-order chi connectivity index (χ1) is 7.27. The third-order valence-corrected chi connectivity index (χ3v) is 7.98. The zero-order valence-corrected chi connectivity index (χ0v) is 11.2. The van der Waals surface area contributed by atoms with Crippen LogP contribution < -0.4 is 0 Å². The van der Waals surface area contributed by atoms with Gasteiger partial charge in [-0.15, -0.1) is 0 Å². The molecule has 0 spiro atoms. The molecule has 0 fully saturated rings. The van der Waals surface area contributed by atoms with Crippen LogP contribution in [0.15, 0.2) is 48.6 Å². The summed E-state index contributed by atoms with van der Waals surface area (Å²) in [5.74, 6) is 0. The lowest BCUT2D eigenvalue weighted by Crippen LogP contribution is -2.29. The Morgan fingerprint density at radius 3 is 1.40 bits per heavy atom. The second kappa shape index (κ2) is 4.92. The standard InChI is InChI=1S/C12H16OSi2/c1-14(11-7-3-4-8-11)13-15(2)12-9-5-6-10-12/h3-12H,1-2H3. The maximum Gasteiger partial charge on any atom is 0.206 e. The molecular weight excluding hydrogens is 216 g/mol. The van der Waals surface area contributed by atoms with Gasteiger partial charge in [0.25, 0.3) is 0 Å². The predicted octanol–water partition coefficient (Wildman–Crippen LogP) is 3.24. The molecule has 15 heavy (non-hydrogen) atoms. The molecule has 3 heteroatoms. The molecule has 0 aliphatic heterocycles. The first-order valence-corrected chi connectivity index (χ1v) is 9.29. The second-order valence-electron chi connectivity index (χ2n) is 3.91. The lowest BCUT2D eigenvalue weighted by molar-refractivity contribution is 0.583. The summed E-state index contributed by atoms with van der Waals surface area (Å²) in [6, 6.07) is 0. The van der Waals surface area contributed by atoms with Crippen molar-refractivity contribution in [2.24, 2.45) is 0 Å². The summed E-state index contributed by atoms with van der Waals surface area (Å²) in [7, 11) is -1.40. The van der Waals surface area contributed by atoms with Crippen LogP contribution in [-0.4, -0.2) is 18.1 Å². The minimum atomic E-state index is -0.699. The maximum absolute atomic E-state index is 6.22. The number of allylic oxidation sites excluding steroid dienone is 8. The van der Waals surface area contributed by atoms with Gasteiger partial charge in [0.2, 0.25) is 18.1 Å². The summed E-state index contributed by atoms with van der Waals surface area (Å²) in [6.07, 6.45) is 17.5. The Bertz CT molecular complexity index is 275. The molecule has 0 atom stereocenters. The summed E-state index contributed by atoms with van der Waals surface area (Å²) in [5.41, 5.74) is 1.15. The van der Waals surface area contributed by atoms with E-state index < -0.39 is 18.1 Å². The van der Waals surface area contributed by atoms with E-state index in [1.807, 2.05) is 0 Å². The number of rotatable bonds is 4. The van der Waals surface area contributed by atoms with Crippen molar-refractivity contribution in [3.63, 3.8) is 0 Å². The predicted molar refractivity (Wildman–Crippen MR) is 68.4 cm³/mol. The van der Waals surface area contributed by atoms with E-state index in [-0.39, 0.29) is 0 Å². The van der Waals surface area contributed by atoms with Gasteiger partial charge in [-0.3, -0.25) is 0 Å². The van der Waals surface area contributed by atoms with Crippen molar-refractivity contribution in [1.29, 1.82) is 0 Å². The van der Waals surface area contributed by atoms with Crippen LogP contribution in [-0.2, 0) is 4.12 Å². The zero-order chi connectivity index (χ0) is 10.7. The molecule has 1 nitrogen and oxygen atoms in total. The van der Waals surface area contributed by atoms with E-state index in [2.05, 4.69) is 61.7 Å². The average molecular weight is 232 g/mol. The molecule has 0 aromatic rings. The Labute approximate surface area is 95.3 Å². The lowest BCUT2D eigenvalue weighted by atomic mass is 10.5. The van der Waals surface area contributed by atoms with Crippen molar-refractivity contribution in [1.82, 2.24) is 0 Å². The van der Waals surface area contributed by atoms with Crippen LogP contribution in [0.5, 0.6) is 0 Å². The van der Waals surface area contributed by atoms with Crippen molar-refractivity contribution in [3.05, 3.63) is 48.6 Å². The molecule has 0 saturated carbocycles. The molecule has 0 heterocycles. The Morgan fingerprint density at radius 1 is 0.733 bits per heavy atom. The second-order valence-corrected chi connectivity index (χ2v) is 8.51. The fourth-order valence-corrected chi connectivity index (χ4v) is 6.44. The molecule has 0 amide bonds. The highest BCUT2D eigenvalue weighted by molar-refractivity contribution is 6.67. The van der Waals surface area contributed by atoms with E-state index in [4.69, 9.17) is 4.12 Å². The average Bonchev–Trinajstić information content (AvgIpc) is 2.91. The Hall–Kier alpha value is -0.646. The molecule has 0 aromatic heterocycles. The highest BCUT2D eigenvalue weighted by atomic mass is 28.4. The first-order valence-electron chi connectivity index (χ1n) is 5.32. The minimum Gasteiger partial charge on any atom is -0.455 e. The van der Waals surface area contributed by atoms with E-state index in [1.165, 1.54) is 0 Å². The molecule has 0 unspecified atom stereocenters. The van der Waals surface area contributed by atoms with Crippen LogP contribution in [0.3, 0.4) is 0 Å².